The van der Waals surface area contributed by atoms with Gasteiger partial charge in [0.1, 0.15) is 6.61 Å². The van der Waals surface area contributed by atoms with Gasteiger partial charge in [0.05, 0.1) is 6.61 Å². The summed E-state index contributed by atoms with van der Waals surface area (Å²) in [5.41, 5.74) is 2.35. The maximum atomic E-state index is 5.36. The molecule has 16 heavy (non-hydrogen) atoms. The van der Waals surface area contributed by atoms with Crippen LogP contribution in [0.5, 0.6) is 5.88 Å². The van der Waals surface area contributed by atoms with Gasteiger partial charge in [-0.25, -0.2) is 10.8 Å². The molecule has 0 radical (unpaired) electrons. The molecule has 0 saturated carbocycles. The molecule has 0 saturated heterocycles. The maximum Gasteiger partial charge on any atom is 0.240 e. The number of nitrogen functional groups attached to an aromatic ring is 1. The summed E-state index contributed by atoms with van der Waals surface area (Å²) in [5.74, 6) is 6.00. The van der Waals surface area contributed by atoms with Crippen LogP contribution in [-0.2, 0) is 4.74 Å². The predicted molar refractivity (Wildman–Crippen MR) is 61.1 cm³/mol. The van der Waals surface area contributed by atoms with E-state index in [1.807, 2.05) is 0 Å². The monoisotopic (exact) mass is 226 g/mol. The third kappa shape index (κ3) is 4.90. The lowest BCUT2D eigenvalue weighted by molar-refractivity contribution is 0.0965. The van der Waals surface area contributed by atoms with Crippen molar-refractivity contribution >= 4 is 5.95 Å². The Bertz CT molecular complexity index is 296. The number of nitrogens with one attached hydrogen (secondary N) is 1. The topological polar surface area (TPSA) is 82.3 Å². The first-order chi connectivity index (χ1) is 7.86. The molecule has 0 aromatic carbocycles. The van der Waals surface area contributed by atoms with Gasteiger partial charge in [0.2, 0.25) is 11.8 Å². The van der Waals surface area contributed by atoms with Crippen LogP contribution in [0.1, 0.15) is 19.8 Å². The number of rotatable bonds is 8. The molecule has 0 aliphatic rings. The van der Waals surface area contributed by atoms with E-state index in [1.54, 1.807) is 12.3 Å². The van der Waals surface area contributed by atoms with Crippen molar-refractivity contribution < 1.29 is 9.47 Å². The van der Waals surface area contributed by atoms with Crippen LogP contribution >= 0.6 is 0 Å². The highest BCUT2D eigenvalue weighted by Crippen LogP contribution is 2.06. The minimum absolute atomic E-state index is 0.337. The Labute approximate surface area is 95.1 Å². The molecule has 0 bridgehead atoms. The Balaban J connectivity index is 2.16. The molecule has 90 valence electrons. The van der Waals surface area contributed by atoms with Gasteiger partial charge in [-0.2, -0.15) is 4.98 Å². The average molecular weight is 226 g/mol. The highest BCUT2D eigenvalue weighted by molar-refractivity contribution is 5.25. The summed E-state index contributed by atoms with van der Waals surface area (Å²) in [6.45, 7) is 3.95. The zero-order valence-corrected chi connectivity index (χ0v) is 9.48. The van der Waals surface area contributed by atoms with E-state index in [2.05, 4.69) is 22.3 Å². The Kier molecular flexibility index (Phi) is 6.20. The summed E-state index contributed by atoms with van der Waals surface area (Å²) in [6.07, 6.45) is 3.79. The normalized spacial score (nSPS) is 10.1. The minimum Gasteiger partial charge on any atom is -0.475 e. The van der Waals surface area contributed by atoms with E-state index in [4.69, 9.17) is 15.3 Å². The van der Waals surface area contributed by atoms with Gasteiger partial charge in [-0.3, -0.25) is 5.43 Å². The summed E-state index contributed by atoms with van der Waals surface area (Å²) in [5, 5.41) is 0. The first-order valence-corrected chi connectivity index (χ1v) is 5.37. The molecule has 0 unspecified atom stereocenters. The number of anilines is 1. The molecule has 0 atom stereocenters. The van der Waals surface area contributed by atoms with E-state index in [0.29, 0.717) is 25.0 Å². The molecule has 1 aromatic heterocycles. The van der Waals surface area contributed by atoms with Crippen molar-refractivity contribution in [2.24, 2.45) is 5.84 Å². The van der Waals surface area contributed by atoms with E-state index in [1.165, 1.54) is 0 Å². The van der Waals surface area contributed by atoms with Gasteiger partial charge in [-0.05, 0) is 6.42 Å². The third-order valence-corrected chi connectivity index (χ3v) is 1.88. The number of nitrogens with zero attached hydrogens (tertiary/aromatic N) is 2. The van der Waals surface area contributed by atoms with Crippen LogP contribution in [0.2, 0.25) is 0 Å². The van der Waals surface area contributed by atoms with Crippen LogP contribution in [0.25, 0.3) is 0 Å². The molecule has 3 N–H and O–H groups in total. The van der Waals surface area contributed by atoms with Crippen LogP contribution in [0, 0.1) is 0 Å². The van der Waals surface area contributed by atoms with Crippen LogP contribution < -0.4 is 16.0 Å². The first kappa shape index (κ1) is 12.7. The fourth-order valence-corrected chi connectivity index (χ4v) is 1.05. The molecule has 0 amide bonds. The van der Waals surface area contributed by atoms with Crippen LogP contribution in [0.4, 0.5) is 5.95 Å². The number of aromatic nitrogens is 2. The summed E-state index contributed by atoms with van der Waals surface area (Å²) >= 11 is 0. The van der Waals surface area contributed by atoms with Crippen LogP contribution in [0.15, 0.2) is 12.3 Å². The number of hydrogen-bond acceptors (Lipinski definition) is 6. The molecular weight excluding hydrogens is 208 g/mol. The molecular formula is C10H18N4O2. The molecule has 0 aliphatic heterocycles. The lowest BCUT2D eigenvalue weighted by Crippen LogP contribution is -2.12. The van der Waals surface area contributed by atoms with Gasteiger partial charge < -0.3 is 9.47 Å². The van der Waals surface area contributed by atoms with Crippen molar-refractivity contribution in [2.75, 3.05) is 25.2 Å². The van der Waals surface area contributed by atoms with Gasteiger partial charge in [-0.1, -0.05) is 13.3 Å². The standard InChI is InChI=1S/C10H18N4O2/c1-2-3-6-15-7-8-16-9-4-5-12-10(13-9)14-11/h4-5H,2-3,6-8,11H2,1H3,(H,12,13,14). The Morgan fingerprint density at radius 3 is 3.00 bits per heavy atom. The third-order valence-electron chi connectivity index (χ3n) is 1.88. The quantitative estimate of drug-likeness (QED) is 0.390. The number of ether oxygens (including phenoxy) is 2. The number of unbranched alkanes of at least 4 members (excludes halogenated alkanes) is 1. The second kappa shape index (κ2) is 7.84. The maximum absolute atomic E-state index is 5.36. The highest BCUT2D eigenvalue weighted by atomic mass is 16.5. The van der Waals surface area contributed by atoms with Crippen molar-refractivity contribution in [2.45, 2.75) is 19.8 Å². The molecule has 1 heterocycles. The average Bonchev–Trinajstić information content (AvgIpc) is 2.34. The van der Waals surface area contributed by atoms with Gasteiger partial charge in [0.25, 0.3) is 0 Å². The van der Waals surface area contributed by atoms with Crippen LogP contribution in [-0.4, -0.2) is 29.8 Å². The van der Waals surface area contributed by atoms with Crippen molar-refractivity contribution in [3.63, 3.8) is 0 Å². The number of nitrogens with two attached hydrogens (primary N) is 1. The molecule has 0 aliphatic carbocycles. The molecule has 6 nitrogen and oxygen atoms in total. The zero-order valence-electron chi connectivity index (χ0n) is 9.48. The van der Waals surface area contributed by atoms with Crippen molar-refractivity contribution in [3.8, 4) is 5.88 Å². The van der Waals surface area contributed by atoms with Crippen LogP contribution in [0.3, 0.4) is 0 Å². The first-order valence-electron chi connectivity index (χ1n) is 5.37. The molecule has 1 aromatic rings. The molecule has 0 spiro atoms. The van der Waals surface area contributed by atoms with E-state index in [-0.39, 0.29) is 0 Å². The van der Waals surface area contributed by atoms with Crippen molar-refractivity contribution in [3.05, 3.63) is 12.3 Å². The second-order valence-corrected chi connectivity index (χ2v) is 3.18. The van der Waals surface area contributed by atoms with Crippen molar-refractivity contribution in [1.29, 1.82) is 0 Å². The predicted octanol–water partition coefficient (Wildman–Crippen LogP) is 0.958. The van der Waals surface area contributed by atoms with E-state index in [9.17, 15) is 0 Å². The Morgan fingerprint density at radius 2 is 2.25 bits per heavy atom. The smallest absolute Gasteiger partial charge is 0.240 e. The number of hydrogen-bond donors (Lipinski definition) is 2. The minimum atomic E-state index is 0.337. The second-order valence-electron chi connectivity index (χ2n) is 3.18. The summed E-state index contributed by atoms with van der Waals surface area (Å²) in [6, 6.07) is 1.67. The Hall–Kier alpha value is -1.40. The van der Waals surface area contributed by atoms with E-state index >= 15 is 0 Å². The van der Waals surface area contributed by atoms with E-state index in [0.717, 1.165) is 19.4 Å². The molecule has 6 heteroatoms. The van der Waals surface area contributed by atoms with Gasteiger partial charge in [-0.15, -0.1) is 0 Å². The molecule has 0 fully saturated rings. The Morgan fingerprint density at radius 1 is 1.38 bits per heavy atom. The lowest BCUT2D eigenvalue weighted by Gasteiger charge is -2.06. The fraction of sp³-hybridized carbons (Fsp3) is 0.600. The largest absolute Gasteiger partial charge is 0.475 e. The summed E-state index contributed by atoms with van der Waals surface area (Å²) in [7, 11) is 0. The zero-order chi connectivity index (χ0) is 11.6. The van der Waals surface area contributed by atoms with Gasteiger partial charge >= 0.3 is 0 Å². The van der Waals surface area contributed by atoms with E-state index < -0.39 is 0 Å². The highest BCUT2D eigenvalue weighted by Gasteiger charge is 1.97. The van der Waals surface area contributed by atoms with Crippen molar-refractivity contribution in [1.82, 2.24) is 9.97 Å². The SMILES string of the molecule is CCCCOCCOc1ccnc(NN)n1. The summed E-state index contributed by atoms with van der Waals surface area (Å²) in [4.78, 5) is 7.87. The number of hydrazine groups is 1. The molecule has 1 rings (SSSR count). The summed E-state index contributed by atoms with van der Waals surface area (Å²) < 4.78 is 10.7. The fourth-order valence-electron chi connectivity index (χ4n) is 1.05. The van der Waals surface area contributed by atoms with Gasteiger partial charge in [0.15, 0.2) is 0 Å². The van der Waals surface area contributed by atoms with Gasteiger partial charge in [0, 0.05) is 18.9 Å². The lowest BCUT2D eigenvalue weighted by atomic mass is 10.4.